The highest BCUT2D eigenvalue weighted by Gasteiger charge is 2.24. The van der Waals surface area contributed by atoms with Gasteiger partial charge < -0.3 is 9.64 Å². The van der Waals surface area contributed by atoms with Crippen molar-refractivity contribution in [2.24, 2.45) is 5.92 Å². The Balaban J connectivity index is 1.34. The number of ether oxygens (including phenoxy) is 1. The van der Waals surface area contributed by atoms with Gasteiger partial charge in [0.05, 0.1) is 6.20 Å². The number of piperidine rings is 1. The van der Waals surface area contributed by atoms with E-state index in [1.54, 1.807) is 6.08 Å². The van der Waals surface area contributed by atoms with Gasteiger partial charge in [-0.3, -0.25) is 14.4 Å². The second-order valence-corrected chi connectivity index (χ2v) is 8.28. The van der Waals surface area contributed by atoms with Crippen LogP contribution in [0.15, 0.2) is 43.1 Å². The summed E-state index contributed by atoms with van der Waals surface area (Å²) >= 11 is 0. The number of carbonyl (C=O) groups is 1. The number of rotatable bonds is 8. The number of para-hydroxylation sites is 1. The van der Waals surface area contributed by atoms with E-state index >= 15 is 0 Å². The summed E-state index contributed by atoms with van der Waals surface area (Å²) in [5.41, 5.74) is 1.68. The van der Waals surface area contributed by atoms with E-state index in [0.29, 0.717) is 18.2 Å². The van der Waals surface area contributed by atoms with Crippen molar-refractivity contribution < 1.29 is 9.53 Å². The smallest absolute Gasteiger partial charge is 0.276 e. The Kier molecular flexibility index (Phi) is 6.79. The maximum atomic E-state index is 12.5. The number of hydrogen-bond donors (Lipinski definition) is 0. The van der Waals surface area contributed by atoms with Crippen molar-refractivity contribution in [3.63, 3.8) is 0 Å². The monoisotopic (exact) mass is 409 g/mol. The molecule has 4 rings (SSSR count). The molecule has 3 heterocycles. The molecule has 0 N–H and O–H groups in total. The van der Waals surface area contributed by atoms with Crippen LogP contribution in [-0.2, 0) is 13.1 Å². The number of hydrogen-bond acceptors (Lipinski definition) is 5. The fraction of sp³-hybridized carbons (Fsp3) is 0.522. The van der Waals surface area contributed by atoms with E-state index in [1.165, 1.54) is 12.0 Å². The van der Waals surface area contributed by atoms with Crippen LogP contribution in [0.5, 0.6) is 5.75 Å². The zero-order valence-electron chi connectivity index (χ0n) is 17.6. The van der Waals surface area contributed by atoms with Crippen molar-refractivity contribution in [2.75, 3.05) is 32.8 Å². The molecule has 2 aromatic rings. The van der Waals surface area contributed by atoms with Crippen LogP contribution in [0, 0.1) is 5.92 Å². The van der Waals surface area contributed by atoms with E-state index in [-0.39, 0.29) is 5.91 Å². The molecule has 0 bridgehead atoms. The van der Waals surface area contributed by atoms with Crippen LogP contribution in [0.4, 0.5) is 0 Å². The molecule has 2 aliphatic heterocycles. The normalized spacial score (nSPS) is 19.7. The number of aromatic nitrogens is 3. The van der Waals surface area contributed by atoms with Gasteiger partial charge in [-0.05, 0) is 44.2 Å². The lowest BCUT2D eigenvalue weighted by atomic mass is 9.97. The van der Waals surface area contributed by atoms with Crippen molar-refractivity contribution in [3.05, 3.63) is 54.4 Å². The van der Waals surface area contributed by atoms with Gasteiger partial charge in [0.25, 0.3) is 5.91 Å². The third-order valence-corrected chi connectivity index (χ3v) is 5.92. The second-order valence-electron chi connectivity index (χ2n) is 8.28. The van der Waals surface area contributed by atoms with Crippen LogP contribution in [-0.4, -0.2) is 63.5 Å². The van der Waals surface area contributed by atoms with Crippen molar-refractivity contribution in [1.29, 1.82) is 0 Å². The second kappa shape index (κ2) is 9.89. The molecule has 0 radical (unpaired) electrons. The summed E-state index contributed by atoms with van der Waals surface area (Å²) in [7, 11) is 0. The first-order chi connectivity index (χ1) is 14.7. The predicted molar refractivity (Wildman–Crippen MR) is 115 cm³/mol. The number of nitrogens with zero attached hydrogens (tertiary/aromatic N) is 5. The Morgan fingerprint density at radius 1 is 1.20 bits per heavy atom. The van der Waals surface area contributed by atoms with E-state index in [4.69, 9.17) is 4.74 Å². The molecular formula is C23H31N5O2. The number of likely N-dealkylation sites (tertiary alicyclic amines) is 2. The summed E-state index contributed by atoms with van der Waals surface area (Å²) < 4.78 is 7.66. The van der Waals surface area contributed by atoms with E-state index in [2.05, 4.69) is 33.9 Å². The summed E-state index contributed by atoms with van der Waals surface area (Å²) in [5, 5.41) is 8.37. The Bertz CT molecular complexity index is 859. The van der Waals surface area contributed by atoms with Gasteiger partial charge in [-0.15, -0.1) is 5.10 Å². The molecular weight excluding hydrogens is 378 g/mol. The van der Waals surface area contributed by atoms with E-state index < -0.39 is 0 Å². The van der Waals surface area contributed by atoms with Crippen LogP contribution >= 0.6 is 0 Å². The van der Waals surface area contributed by atoms with Crippen molar-refractivity contribution >= 4 is 5.91 Å². The Hall–Kier alpha value is -2.67. The van der Waals surface area contributed by atoms with Crippen molar-refractivity contribution in [3.8, 4) is 5.75 Å². The van der Waals surface area contributed by atoms with Gasteiger partial charge in [-0.1, -0.05) is 36.1 Å². The summed E-state index contributed by atoms with van der Waals surface area (Å²) in [4.78, 5) is 16.9. The summed E-state index contributed by atoms with van der Waals surface area (Å²) in [5.74, 6) is 1.44. The highest BCUT2D eigenvalue weighted by Crippen LogP contribution is 2.24. The molecule has 0 aliphatic carbocycles. The molecule has 0 spiro atoms. The third kappa shape index (κ3) is 5.08. The van der Waals surface area contributed by atoms with Gasteiger partial charge in [0.15, 0.2) is 5.69 Å². The molecule has 0 saturated carbocycles. The predicted octanol–water partition coefficient (Wildman–Crippen LogP) is 2.99. The van der Waals surface area contributed by atoms with Gasteiger partial charge in [-0.25, -0.2) is 0 Å². The number of carbonyl (C=O) groups excluding carboxylic acids is 1. The zero-order valence-corrected chi connectivity index (χ0v) is 17.6. The van der Waals surface area contributed by atoms with Gasteiger partial charge in [0, 0.05) is 38.3 Å². The molecule has 1 aromatic carbocycles. The molecule has 2 saturated heterocycles. The molecule has 7 nitrogen and oxygen atoms in total. The lowest BCUT2D eigenvalue weighted by Gasteiger charge is -2.33. The molecule has 2 fully saturated rings. The third-order valence-electron chi connectivity index (χ3n) is 5.92. The number of amides is 1. The lowest BCUT2D eigenvalue weighted by Crippen LogP contribution is -2.36. The minimum atomic E-state index is 0.0140. The average molecular weight is 410 g/mol. The minimum absolute atomic E-state index is 0.0140. The maximum absolute atomic E-state index is 12.5. The van der Waals surface area contributed by atoms with Gasteiger partial charge >= 0.3 is 0 Å². The molecule has 7 heteroatoms. The molecule has 160 valence electrons. The van der Waals surface area contributed by atoms with Crippen LogP contribution in [0.1, 0.15) is 41.7 Å². The zero-order chi connectivity index (χ0) is 20.8. The first-order valence-electron chi connectivity index (χ1n) is 11.0. The largest absolute Gasteiger partial charge is 0.489 e. The fourth-order valence-electron chi connectivity index (χ4n) is 4.44. The maximum Gasteiger partial charge on any atom is 0.276 e. The molecule has 0 unspecified atom stereocenters. The van der Waals surface area contributed by atoms with Crippen LogP contribution in [0.2, 0.25) is 0 Å². The topological polar surface area (TPSA) is 63.5 Å². The molecule has 1 aromatic heterocycles. The fourth-order valence-corrected chi connectivity index (χ4v) is 4.44. The van der Waals surface area contributed by atoms with Crippen LogP contribution < -0.4 is 4.74 Å². The molecule has 2 aliphatic rings. The van der Waals surface area contributed by atoms with Gasteiger partial charge in [0.2, 0.25) is 0 Å². The highest BCUT2D eigenvalue weighted by atomic mass is 16.5. The Morgan fingerprint density at radius 2 is 2.03 bits per heavy atom. The van der Waals surface area contributed by atoms with Crippen molar-refractivity contribution in [1.82, 2.24) is 24.8 Å². The van der Waals surface area contributed by atoms with E-state index in [0.717, 1.165) is 64.3 Å². The van der Waals surface area contributed by atoms with Crippen molar-refractivity contribution in [2.45, 2.75) is 38.8 Å². The minimum Gasteiger partial charge on any atom is -0.489 e. The van der Waals surface area contributed by atoms with Crippen LogP contribution in [0.3, 0.4) is 0 Å². The number of benzene rings is 1. The lowest BCUT2D eigenvalue weighted by molar-refractivity contribution is 0.0787. The highest BCUT2D eigenvalue weighted by molar-refractivity contribution is 5.92. The molecule has 1 atom stereocenters. The summed E-state index contributed by atoms with van der Waals surface area (Å²) in [6.07, 6.45) is 8.08. The molecule has 30 heavy (non-hydrogen) atoms. The van der Waals surface area contributed by atoms with E-state index in [9.17, 15) is 4.79 Å². The first-order valence-corrected chi connectivity index (χ1v) is 11.0. The van der Waals surface area contributed by atoms with Crippen LogP contribution in [0.25, 0.3) is 0 Å². The van der Waals surface area contributed by atoms with E-state index in [1.807, 2.05) is 27.9 Å². The summed E-state index contributed by atoms with van der Waals surface area (Å²) in [6.45, 7) is 9.68. The van der Waals surface area contributed by atoms with Gasteiger partial charge in [0.1, 0.15) is 12.4 Å². The quantitative estimate of drug-likeness (QED) is 0.627. The average Bonchev–Trinajstić information content (AvgIpc) is 3.45. The van der Waals surface area contributed by atoms with Gasteiger partial charge in [-0.2, -0.15) is 0 Å². The first kappa shape index (κ1) is 20.6. The Labute approximate surface area is 178 Å². The summed E-state index contributed by atoms with van der Waals surface area (Å²) in [6, 6.07) is 8.23. The molecule has 1 amide bonds. The SMILES string of the molecule is C=CCOc1ccccc1CN1CCC[C@H](Cn2cc(C(=O)N3CCCC3)nn2)C1. The standard InChI is InChI=1S/C23H31N5O2/c1-2-14-30-22-10-4-3-9-20(22)17-26-11-7-8-19(15-26)16-28-18-21(24-25-28)23(29)27-12-5-6-13-27/h2-4,9-10,18-19H,1,5-8,11-17H2/t19-/m0/s1. The Morgan fingerprint density at radius 3 is 2.87 bits per heavy atom.